The Hall–Kier alpha value is -4.11. The number of pyridine rings is 1. The molecule has 9 nitrogen and oxygen atoms in total. The second-order valence-electron chi connectivity index (χ2n) is 9.20. The number of nitrogens with one attached hydrogen (secondary N) is 1. The number of hydrogen-bond donors (Lipinski definition) is 2. The van der Waals surface area contributed by atoms with Crippen LogP contribution >= 0.6 is 11.8 Å². The van der Waals surface area contributed by atoms with Crippen LogP contribution in [0.2, 0.25) is 0 Å². The number of carbonyl (C=O) groups excluding carboxylic acids is 2. The van der Waals surface area contributed by atoms with Crippen molar-refractivity contribution in [1.29, 1.82) is 10.5 Å². The Morgan fingerprint density at radius 1 is 1.26 bits per heavy atom. The summed E-state index contributed by atoms with van der Waals surface area (Å²) in [5.74, 6) is 2.99. The Bertz CT molecular complexity index is 1410. The van der Waals surface area contributed by atoms with Crippen molar-refractivity contribution in [3.8, 4) is 24.0 Å². The number of halogens is 1. The van der Waals surface area contributed by atoms with Gasteiger partial charge in [-0.25, -0.2) is 9.37 Å². The summed E-state index contributed by atoms with van der Waals surface area (Å²) in [6.07, 6.45) is 2.19. The highest BCUT2D eigenvalue weighted by molar-refractivity contribution is 8.00. The Balaban J connectivity index is 2.03. The van der Waals surface area contributed by atoms with Crippen molar-refractivity contribution < 1.29 is 14.0 Å². The van der Waals surface area contributed by atoms with E-state index in [1.54, 1.807) is 0 Å². The van der Waals surface area contributed by atoms with Gasteiger partial charge in [-0.1, -0.05) is 30.7 Å². The van der Waals surface area contributed by atoms with E-state index in [4.69, 9.17) is 10.7 Å². The summed E-state index contributed by atoms with van der Waals surface area (Å²) in [5, 5.41) is 21.6. The van der Waals surface area contributed by atoms with Crippen LogP contribution in [0.25, 0.3) is 0 Å². The van der Waals surface area contributed by atoms with E-state index >= 15 is 0 Å². The molecule has 3 N–H and O–H groups in total. The molecular formula is C28H30FN7O2S. The summed E-state index contributed by atoms with van der Waals surface area (Å²) in [6, 6.07) is 8.71. The maximum absolute atomic E-state index is 14.8. The number of carbonyl (C=O) groups is 2. The predicted octanol–water partition coefficient (Wildman–Crippen LogP) is 3.34. The highest BCUT2D eigenvalue weighted by atomic mass is 32.2. The zero-order valence-electron chi connectivity index (χ0n) is 22.3. The van der Waals surface area contributed by atoms with Crippen LogP contribution in [0.4, 0.5) is 15.9 Å². The van der Waals surface area contributed by atoms with Gasteiger partial charge < -0.3 is 20.9 Å². The third kappa shape index (κ3) is 6.67. The van der Waals surface area contributed by atoms with Crippen molar-refractivity contribution in [3.05, 3.63) is 46.3 Å². The zero-order valence-corrected chi connectivity index (χ0v) is 23.2. The first-order chi connectivity index (χ1) is 18.6. The summed E-state index contributed by atoms with van der Waals surface area (Å²) < 4.78 is 14.8. The molecular weight excluding hydrogens is 517 g/mol. The second-order valence-corrected chi connectivity index (χ2v) is 10.3. The SMILES string of the molecule is CC#CC(=O)Nc1ccc(C(Sc2nc(N3CCC(N(C)C)CC3)c(C#N)c(CC)c2C#N)C(N)=O)cc1F. The number of thioether (sulfide) groups is 1. The highest BCUT2D eigenvalue weighted by Gasteiger charge is 2.30. The highest BCUT2D eigenvalue weighted by Crippen LogP contribution is 2.40. The van der Waals surface area contributed by atoms with E-state index < -0.39 is 22.9 Å². The third-order valence-electron chi connectivity index (χ3n) is 6.59. The molecule has 39 heavy (non-hydrogen) atoms. The van der Waals surface area contributed by atoms with E-state index in [1.165, 1.54) is 19.1 Å². The van der Waals surface area contributed by atoms with Crippen molar-refractivity contribution in [2.75, 3.05) is 37.4 Å². The maximum atomic E-state index is 14.8. The van der Waals surface area contributed by atoms with E-state index in [-0.39, 0.29) is 21.8 Å². The average molecular weight is 548 g/mol. The fraction of sp³-hybridized carbons (Fsp3) is 0.393. The number of aromatic nitrogens is 1. The molecule has 2 amide bonds. The number of nitriles is 2. The molecule has 1 fully saturated rings. The fourth-order valence-electron chi connectivity index (χ4n) is 4.56. The van der Waals surface area contributed by atoms with Gasteiger partial charge in [-0.15, -0.1) is 0 Å². The lowest BCUT2D eigenvalue weighted by molar-refractivity contribution is -0.117. The average Bonchev–Trinajstić information content (AvgIpc) is 2.91. The quantitative estimate of drug-likeness (QED) is 0.379. The minimum atomic E-state index is -1.08. The number of primary amides is 1. The summed E-state index contributed by atoms with van der Waals surface area (Å²) in [4.78, 5) is 33.2. The topological polar surface area (TPSA) is 139 Å². The van der Waals surface area contributed by atoms with Crippen LogP contribution in [0.5, 0.6) is 0 Å². The summed E-state index contributed by atoms with van der Waals surface area (Å²) in [6.45, 7) is 4.71. The Labute approximate surface area is 232 Å². The van der Waals surface area contributed by atoms with Crippen LogP contribution in [-0.4, -0.2) is 54.9 Å². The van der Waals surface area contributed by atoms with Crippen molar-refractivity contribution in [2.24, 2.45) is 5.73 Å². The van der Waals surface area contributed by atoms with E-state index in [0.29, 0.717) is 42.5 Å². The van der Waals surface area contributed by atoms with Crippen molar-refractivity contribution in [2.45, 2.75) is 49.4 Å². The largest absolute Gasteiger partial charge is 0.368 e. The summed E-state index contributed by atoms with van der Waals surface area (Å²) >= 11 is 0.941. The normalized spacial score (nSPS) is 14.1. The first-order valence-corrected chi connectivity index (χ1v) is 13.3. The second kappa shape index (κ2) is 13.1. The number of benzene rings is 1. The van der Waals surface area contributed by atoms with Gasteiger partial charge in [-0.3, -0.25) is 9.59 Å². The molecule has 1 unspecified atom stereocenters. The molecule has 1 aliphatic heterocycles. The zero-order chi connectivity index (χ0) is 28.7. The number of nitrogens with zero attached hydrogens (tertiary/aromatic N) is 5. The lowest BCUT2D eigenvalue weighted by Gasteiger charge is -2.36. The molecule has 1 aliphatic rings. The van der Waals surface area contributed by atoms with Crippen LogP contribution in [0, 0.1) is 40.3 Å². The molecule has 0 saturated carbocycles. The van der Waals surface area contributed by atoms with Gasteiger partial charge in [0, 0.05) is 19.1 Å². The van der Waals surface area contributed by atoms with Gasteiger partial charge in [-0.2, -0.15) is 10.5 Å². The van der Waals surface area contributed by atoms with Gasteiger partial charge in [-0.05, 0) is 69.5 Å². The summed E-state index contributed by atoms with van der Waals surface area (Å²) in [5.41, 5.74) is 6.96. The van der Waals surface area contributed by atoms with Gasteiger partial charge in [0.2, 0.25) is 5.91 Å². The Kier molecular flexibility index (Phi) is 9.89. The van der Waals surface area contributed by atoms with Crippen molar-refractivity contribution in [3.63, 3.8) is 0 Å². The molecule has 0 spiro atoms. The van der Waals surface area contributed by atoms with Gasteiger partial charge in [0.1, 0.15) is 34.0 Å². The standard InChI is InChI=1S/C28H30FN7O2S/c1-5-7-24(37)33-23-9-8-17(14-22(23)29)25(26(32)38)39-28-21(16-31)19(6-2)20(15-30)27(34-28)36-12-10-18(11-13-36)35(3)4/h8-9,14,18,25H,6,10-13H2,1-4H3,(H2,32,38)(H,33,37). The molecule has 0 aliphatic carbocycles. The number of anilines is 2. The number of piperidine rings is 1. The number of nitrogens with two attached hydrogens (primary N) is 1. The molecule has 1 aromatic heterocycles. The number of hydrogen-bond acceptors (Lipinski definition) is 8. The Morgan fingerprint density at radius 2 is 1.92 bits per heavy atom. The van der Waals surface area contributed by atoms with Crippen LogP contribution in [0.1, 0.15) is 54.2 Å². The molecule has 202 valence electrons. The van der Waals surface area contributed by atoms with E-state index in [2.05, 4.69) is 34.2 Å². The molecule has 0 bridgehead atoms. The van der Waals surface area contributed by atoms with Gasteiger partial charge in [0.05, 0.1) is 16.8 Å². The molecule has 1 saturated heterocycles. The first kappa shape index (κ1) is 29.4. The number of amides is 2. The van der Waals surface area contributed by atoms with Crippen LogP contribution in [0.3, 0.4) is 0 Å². The van der Waals surface area contributed by atoms with E-state index in [9.17, 15) is 24.5 Å². The van der Waals surface area contributed by atoms with Crippen molar-refractivity contribution >= 4 is 35.1 Å². The van der Waals surface area contributed by atoms with Gasteiger partial charge in [0.25, 0.3) is 5.91 Å². The molecule has 3 rings (SSSR count). The Morgan fingerprint density at radius 3 is 2.44 bits per heavy atom. The van der Waals surface area contributed by atoms with E-state index in [1.807, 2.05) is 25.9 Å². The lowest BCUT2D eigenvalue weighted by atomic mass is 9.99. The molecule has 2 aromatic rings. The number of rotatable bonds is 8. The van der Waals surface area contributed by atoms with Crippen molar-refractivity contribution in [1.82, 2.24) is 9.88 Å². The molecule has 11 heteroatoms. The fourth-order valence-corrected chi connectivity index (χ4v) is 5.60. The molecule has 1 aromatic carbocycles. The maximum Gasteiger partial charge on any atom is 0.300 e. The molecule has 0 radical (unpaired) electrons. The van der Waals surface area contributed by atoms with E-state index in [0.717, 1.165) is 30.7 Å². The van der Waals surface area contributed by atoms with Crippen LogP contribution < -0.4 is 16.0 Å². The minimum Gasteiger partial charge on any atom is -0.368 e. The molecule has 1 atom stereocenters. The molecule has 2 heterocycles. The van der Waals surface area contributed by atoms with Crippen LogP contribution in [0.15, 0.2) is 23.2 Å². The smallest absolute Gasteiger partial charge is 0.300 e. The first-order valence-electron chi connectivity index (χ1n) is 12.4. The third-order valence-corrected chi connectivity index (χ3v) is 7.85. The van der Waals surface area contributed by atoms with Gasteiger partial charge in [0.15, 0.2) is 0 Å². The minimum absolute atomic E-state index is 0.0920. The van der Waals surface area contributed by atoms with Crippen LogP contribution in [-0.2, 0) is 16.0 Å². The predicted molar refractivity (Wildman–Crippen MR) is 148 cm³/mol. The van der Waals surface area contributed by atoms with Gasteiger partial charge >= 0.3 is 0 Å². The summed E-state index contributed by atoms with van der Waals surface area (Å²) in [7, 11) is 4.08. The monoisotopic (exact) mass is 547 g/mol. The lowest BCUT2D eigenvalue weighted by Crippen LogP contribution is -2.42.